The van der Waals surface area contributed by atoms with Crippen molar-refractivity contribution < 1.29 is 0 Å². The zero-order chi connectivity index (χ0) is 14.5. The third kappa shape index (κ3) is 3.11. The Morgan fingerprint density at radius 3 is 3.00 bits per heavy atom. The van der Waals surface area contributed by atoms with Crippen LogP contribution in [0.2, 0.25) is 0 Å². The number of benzene rings is 1. The van der Waals surface area contributed by atoms with E-state index in [1.54, 1.807) is 12.5 Å². The second-order valence-corrected chi connectivity index (χ2v) is 5.15. The number of nitrogens with one attached hydrogen (secondary N) is 1. The molecule has 0 amide bonds. The first-order valence-electron chi connectivity index (χ1n) is 7.13. The fraction of sp³-hybridized carbons (Fsp3) is 0.312. The van der Waals surface area contributed by atoms with Crippen LogP contribution in [0.15, 0.2) is 42.9 Å². The van der Waals surface area contributed by atoms with Gasteiger partial charge in [0.15, 0.2) is 0 Å². The van der Waals surface area contributed by atoms with Gasteiger partial charge in [0, 0.05) is 25.3 Å². The Morgan fingerprint density at radius 2 is 2.19 bits per heavy atom. The summed E-state index contributed by atoms with van der Waals surface area (Å²) >= 11 is 0. The second kappa shape index (κ2) is 6.23. The highest BCUT2D eigenvalue weighted by Gasteiger charge is 2.21. The predicted octanol–water partition coefficient (Wildman–Crippen LogP) is 2.43. The van der Waals surface area contributed by atoms with Gasteiger partial charge in [-0.15, -0.1) is 0 Å². The van der Waals surface area contributed by atoms with Crippen molar-refractivity contribution in [2.24, 2.45) is 0 Å². The molecule has 0 spiro atoms. The molecule has 0 saturated carbocycles. The van der Waals surface area contributed by atoms with E-state index in [-0.39, 0.29) is 0 Å². The van der Waals surface area contributed by atoms with E-state index in [2.05, 4.69) is 26.3 Å². The highest BCUT2D eigenvalue weighted by Crippen LogP contribution is 2.24. The van der Waals surface area contributed by atoms with Crippen molar-refractivity contribution in [1.29, 1.82) is 5.26 Å². The maximum Gasteiger partial charge on any atom is 0.129 e. The van der Waals surface area contributed by atoms with Gasteiger partial charge in [0.1, 0.15) is 18.2 Å². The summed E-state index contributed by atoms with van der Waals surface area (Å²) in [5, 5.41) is 12.7. The molecule has 1 fully saturated rings. The fourth-order valence-corrected chi connectivity index (χ4v) is 2.74. The normalized spacial score (nSPS) is 18.0. The van der Waals surface area contributed by atoms with E-state index < -0.39 is 0 Å². The van der Waals surface area contributed by atoms with Gasteiger partial charge in [0.2, 0.25) is 0 Å². The molecule has 2 aromatic rings. The Morgan fingerprint density at radius 1 is 1.29 bits per heavy atom. The molecule has 1 N–H and O–H groups in total. The van der Waals surface area contributed by atoms with Crippen LogP contribution in [0, 0.1) is 11.3 Å². The first kappa shape index (κ1) is 13.4. The maximum absolute atomic E-state index is 9.24. The highest BCUT2D eigenvalue weighted by atomic mass is 15.2. The number of para-hydroxylation sites is 1. The molecule has 0 bridgehead atoms. The minimum atomic E-state index is 0.334. The van der Waals surface area contributed by atoms with Gasteiger partial charge < -0.3 is 10.2 Å². The number of nitriles is 1. The molecule has 1 atom stereocenters. The number of hydrogen-bond acceptors (Lipinski definition) is 5. The first-order chi connectivity index (χ1) is 10.4. The van der Waals surface area contributed by atoms with Gasteiger partial charge in [-0.1, -0.05) is 12.1 Å². The van der Waals surface area contributed by atoms with E-state index in [1.807, 2.05) is 30.3 Å². The number of aromatic nitrogens is 2. The molecule has 5 heteroatoms. The summed E-state index contributed by atoms with van der Waals surface area (Å²) in [6.07, 6.45) is 5.49. The zero-order valence-electron chi connectivity index (χ0n) is 11.7. The Balaban J connectivity index is 1.73. The number of anilines is 2. The van der Waals surface area contributed by atoms with E-state index >= 15 is 0 Å². The molecule has 1 aliphatic heterocycles. The number of nitrogens with zero attached hydrogens (tertiary/aromatic N) is 4. The lowest BCUT2D eigenvalue weighted by Gasteiger charge is -2.35. The fourth-order valence-electron chi connectivity index (χ4n) is 2.74. The summed E-state index contributed by atoms with van der Waals surface area (Å²) in [5.74, 6) is 0.852. The summed E-state index contributed by atoms with van der Waals surface area (Å²) < 4.78 is 0. The van der Waals surface area contributed by atoms with Gasteiger partial charge >= 0.3 is 0 Å². The predicted molar refractivity (Wildman–Crippen MR) is 82.0 cm³/mol. The standard InChI is InChI=1S/C16H17N5/c17-10-13-4-1-2-6-15(13)21-9-3-5-14(11-21)20-16-7-8-18-12-19-16/h1-2,4,6-8,12,14H,3,5,9,11H2,(H,18,19,20). The second-order valence-electron chi connectivity index (χ2n) is 5.15. The molecule has 5 nitrogen and oxygen atoms in total. The van der Waals surface area contributed by atoms with Gasteiger partial charge in [0.05, 0.1) is 11.3 Å². The highest BCUT2D eigenvalue weighted by molar-refractivity contribution is 5.59. The topological polar surface area (TPSA) is 64.8 Å². The molecule has 1 aromatic carbocycles. The van der Waals surface area contributed by atoms with E-state index in [4.69, 9.17) is 0 Å². The van der Waals surface area contributed by atoms with Crippen molar-refractivity contribution in [1.82, 2.24) is 9.97 Å². The van der Waals surface area contributed by atoms with Gasteiger partial charge in [-0.3, -0.25) is 0 Å². The van der Waals surface area contributed by atoms with Crippen molar-refractivity contribution in [3.05, 3.63) is 48.4 Å². The van der Waals surface area contributed by atoms with Crippen molar-refractivity contribution >= 4 is 11.5 Å². The van der Waals surface area contributed by atoms with Crippen LogP contribution in [0.25, 0.3) is 0 Å². The van der Waals surface area contributed by atoms with Crippen molar-refractivity contribution in [2.45, 2.75) is 18.9 Å². The van der Waals surface area contributed by atoms with Crippen LogP contribution in [-0.4, -0.2) is 29.1 Å². The summed E-state index contributed by atoms with van der Waals surface area (Å²) in [4.78, 5) is 10.4. The summed E-state index contributed by atoms with van der Waals surface area (Å²) in [5.41, 5.74) is 1.76. The lowest BCUT2D eigenvalue weighted by Crippen LogP contribution is -2.42. The average Bonchev–Trinajstić information content (AvgIpc) is 2.56. The minimum absolute atomic E-state index is 0.334. The van der Waals surface area contributed by atoms with E-state index in [0.29, 0.717) is 6.04 Å². The molecule has 1 saturated heterocycles. The Hall–Kier alpha value is -2.61. The molecule has 21 heavy (non-hydrogen) atoms. The van der Waals surface area contributed by atoms with Gasteiger partial charge in [0.25, 0.3) is 0 Å². The maximum atomic E-state index is 9.24. The smallest absolute Gasteiger partial charge is 0.129 e. The van der Waals surface area contributed by atoms with Crippen LogP contribution in [0.4, 0.5) is 11.5 Å². The summed E-state index contributed by atoms with van der Waals surface area (Å²) in [7, 11) is 0. The van der Waals surface area contributed by atoms with Gasteiger partial charge in [-0.2, -0.15) is 5.26 Å². The third-order valence-electron chi connectivity index (χ3n) is 3.72. The molecule has 1 aromatic heterocycles. The SMILES string of the molecule is N#Cc1ccccc1N1CCCC(Nc2ccncn2)C1. The summed E-state index contributed by atoms with van der Waals surface area (Å²) in [6, 6.07) is 12.3. The Kier molecular flexibility index (Phi) is 3.97. The van der Waals surface area contributed by atoms with Crippen LogP contribution >= 0.6 is 0 Å². The number of hydrogen-bond donors (Lipinski definition) is 1. The molecule has 0 radical (unpaired) electrons. The van der Waals surface area contributed by atoms with Crippen molar-refractivity contribution in [3.8, 4) is 6.07 Å². The molecular weight excluding hydrogens is 262 g/mol. The molecule has 1 unspecified atom stereocenters. The Bertz CT molecular complexity index is 635. The summed E-state index contributed by atoms with van der Waals surface area (Å²) in [6.45, 7) is 1.86. The first-order valence-corrected chi connectivity index (χ1v) is 7.13. The zero-order valence-corrected chi connectivity index (χ0v) is 11.7. The van der Waals surface area contributed by atoms with Crippen LogP contribution < -0.4 is 10.2 Å². The lowest BCUT2D eigenvalue weighted by atomic mass is 10.0. The van der Waals surface area contributed by atoms with Crippen molar-refractivity contribution in [2.75, 3.05) is 23.3 Å². The molecule has 2 heterocycles. The number of rotatable bonds is 3. The monoisotopic (exact) mass is 279 g/mol. The quantitative estimate of drug-likeness (QED) is 0.934. The van der Waals surface area contributed by atoms with Crippen molar-refractivity contribution in [3.63, 3.8) is 0 Å². The molecular formula is C16H17N5. The van der Waals surface area contributed by atoms with Crippen LogP contribution in [0.5, 0.6) is 0 Å². The van der Waals surface area contributed by atoms with E-state index in [1.165, 1.54) is 0 Å². The van der Waals surface area contributed by atoms with Crippen LogP contribution in [0.1, 0.15) is 18.4 Å². The molecule has 3 rings (SSSR count). The lowest BCUT2D eigenvalue weighted by molar-refractivity contribution is 0.528. The van der Waals surface area contributed by atoms with Gasteiger partial charge in [-0.05, 0) is 31.0 Å². The molecule has 106 valence electrons. The molecule has 0 aliphatic carbocycles. The third-order valence-corrected chi connectivity index (χ3v) is 3.72. The van der Waals surface area contributed by atoms with E-state index in [0.717, 1.165) is 43.0 Å². The van der Waals surface area contributed by atoms with Crippen LogP contribution in [-0.2, 0) is 0 Å². The number of piperidine rings is 1. The van der Waals surface area contributed by atoms with E-state index in [9.17, 15) is 5.26 Å². The largest absolute Gasteiger partial charge is 0.368 e. The Labute approximate surface area is 124 Å². The minimum Gasteiger partial charge on any atom is -0.368 e. The van der Waals surface area contributed by atoms with Gasteiger partial charge in [-0.25, -0.2) is 9.97 Å². The molecule has 1 aliphatic rings. The average molecular weight is 279 g/mol. The van der Waals surface area contributed by atoms with Crippen LogP contribution in [0.3, 0.4) is 0 Å².